The van der Waals surface area contributed by atoms with Gasteiger partial charge in [0.1, 0.15) is 17.0 Å². The number of oxazole rings is 1. The van der Waals surface area contributed by atoms with Crippen molar-refractivity contribution in [1.82, 2.24) is 4.98 Å². The van der Waals surface area contributed by atoms with E-state index in [9.17, 15) is 9.90 Å². The van der Waals surface area contributed by atoms with E-state index in [1.165, 1.54) is 12.1 Å². The molecule has 6 heteroatoms. The summed E-state index contributed by atoms with van der Waals surface area (Å²) in [6.07, 6.45) is 3.14. The van der Waals surface area contributed by atoms with Crippen LogP contribution in [0.1, 0.15) is 5.56 Å². The highest BCUT2D eigenvalue weighted by Crippen LogP contribution is 2.33. The van der Waals surface area contributed by atoms with Gasteiger partial charge in [-0.1, -0.05) is 24.3 Å². The molecule has 0 aliphatic rings. The van der Waals surface area contributed by atoms with Gasteiger partial charge in [0.15, 0.2) is 5.58 Å². The van der Waals surface area contributed by atoms with Crippen LogP contribution >= 0.6 is 0 Å². The number of phenolic OH excluding ortho intramolecular Hbond substituents is 1. The topological polar surface area (TPSA) is 84.6 Å². The van der Waals surface area contributed by atoms with Crippen molar-refractivity contribution < 1.29 is 19.1 Å². The number of carbonyl (C=O) groups excluding carboxylic acids is 1. The van der Waals surface area contributed by atoms with Crippen molar-refractivity contribution in [2.75, 3.05) is 12.4 Å². The Morgan fingerprint density at radius 3 is 2.66 bits per heavy atom. The Hall–Kier alpha value is -4.06. The van der Waals surface area contributed by atoms with Crippen LogP contribution in [0.3, 0.4) is 0 Å². The number of aromatic nitrogens is 1. The van der Waals surface area contributed by atoms with Crippen molar-refractivity contribution in [3.63, 3.8) is 0 Å². The van der Waals surface area contributed by atoms with Gasteiger partial charge in [0.25, 0.3) is 0 Å². The number of nitrogens with zero attached hydrogens (tertiary/aromatic N) is 1. The molecule has 29 heavy (non-hydrogen) atoms. The molecular weight excluding hydrogens is 368 g/mol. The lowest BCUT2D eigenvalue weighted by Crippen LogP contribution is -2.07. The fourth-order valence-electron chi connectivity index (χ4n) is 2.84. The zero-order chi connectivity index (χ0) is 20.2. The number of benzene rings is 3. The molecule has 4 aromatic rings. The minimum absolute atomic E-state index is 0.0170. The van der Waals surface area contributed by atoms with E-state index in [0.717, 1.165) is 11.3 Å². The summed E-state index contributed by atoms with van der Waals surface area (Å²) < 4.78 is 10.8. The Labute approximate surface area is 167 Å². The van der Waals surface area contributed by atoms with Crippen LogP contribution in [0, 0.1) is 0 Å². The summed E-state index contributed by atoms with van der Waals surface area (Å²) in [7, 11) is 1.60. The van der Waals surface area contributed by atoms with Gasteiger partial charge >= 0.3 is 0 Å². The first-order chi connectivity index (χ1) is 14.1. The van der Waals surface area contributed by atoms with Gasteiger partial charge in [0.2, 0.25) is 11.8 Å². The molecule has 1 aromatic heterocycles. The predicted molar refractivity (Wildman–Crippen MR) is 112 cm³/mol. The lowest BCUT2D eigenvalue weighted by Gasteiger charge is -2.06. The van der Waals surface area contributed by atoms with E-state index in [2.05, 4.69) is 10.3 Å². The Kier molecular flexibility index (Phi) is 4.99. The summed E-state index contributed by atoms with van der Waals surface area (Å²) in [6.45, 7) is 0. The summed E-state index contributed by atoms with van der Waals surface area (Å²) >= 11 is 0. The third-order valence-electron chi connectivity index (χ3n) is 4.33. The van der Waals surface area contributed by atoms with Crippen molar-refractivity contribution >= 4 is 28.8 Å². The maximum Gasteiger partial charge on any atom is 0.248 e. The fraction of sp³-hybridized carbons (Fsp3) is 0.0435. The van der Waals surface area contributed by atoms with Gasteiger partial charge in [-0.2, -0.15) is 0 Å². The quantitative estimate of drug-likeness (QED) is 0.378. The Morgan fingerprint density at radius 2 is 1.90 bits per heavy atom. The van der Waals surface area contributed by atoms with Crippen molar-refractivity contribution in [2.24, 2.45) is 0 Å². The normalized spacial score (nSPS) is 11.1. The highest BCUT2D eigenvalue weighted by Gasteiger charge is 2.13. The van der Waals surface area contributed by atoms with Crippen LogP contribution in [-0.2, 0) is 4.79 Å². The number of fused-ring (bicyclic) bond motifs is 1. The third-order valence-corrected chi connectivity index (χ3v) is 4.33. The lowest BCUT2D eigenvalue weighted by atomic mass is 10.1. The van der Waals surface area contributed by atoms with E-state index >= 15 is 0 Å². The maximum absolute atomic E-state index is 12.3. The molecule has 0 saturated heterocycles. The number of carbonyl (C=O) groups is 1. The van der Waals surface area contributed by atoms with Gasteiger partial charge in [0.05, 0.1) is 12.7 Å². The Morgan fingerprint density at radius 1 is 1.10 bits per heavy atom. The zero-order valence-corrected chi connectivity index (χ0v) is 15.6. The summed E-state index contributed by atoms with van der Waals surface area (Å²) in [5.74, 6) is 0.759. The molecule has 1 heterocycles. The van der Waals surface area contributed by atoms with E-state index in [4.69, 9.17) is 9.15 Å². The van der Waals surface area contributed by atoms with E-state index < -0.39 is 0 Å². The molecule has 0 unspecified atom stereocenters. The first-order valence-electron chi connectivity index (χ1n) is 8.94. The molecule has 0 radical (unpaired) electrons. The number of rotatable bonds is 5. The SMILES string of the molecule is COc1ccc(/C=C/C(=O)Nc2ccc(O)c(-c3nc4ccccc4o3)c2)cc1. The number of phenols is 1. The van der Waals surface area contributed by atoms with Crippen LogP contribution in [0.25, 0.3) is 28.6 Å². The van der Waals surface area contributed by atoms with Crippen molar-refractivity contribution in [3.05, 3.63) is 78.4 Å². The van der Waals surface area contributed by atoms with Crippen molar-refractivity contribution in [2.45, 2.75) is 0 Å². The second-order valence-corrected chi connectivity index (χ2v) is 6.31. The molecule has 0 saturated carbocycles. The maximum atomic E-state index is 12.3. The molecule has 0 aliphatic carbocycles. The molecule has 1 amide bonds. The van der Waals surface area contributed by atoms with Crippen LogP contribution in [0.5, 0.6) is 11.5 Å². The summed E-state index contributed by atoms with van der Waals surface area (Å²) in [4.78, 5) is 16.6. The van der Waals surface area contributed by atoms with E-state index in [1.54, 1.807) is 31.4 Å². The van der Waals surface area contributed by atoms with Gasteiger partial charge in [-0.3, -0.25) is 4.79 Å². The molecule has 6 nitrogen and oxygen atoms in total. The molecule has 0 spiro atoms. The first-order valence-corrected chi connectivity index (χ1v) is 8.94. The Balaban J connectivity index is 1.52. The largest absolute Gasteiger partial charge is 0.507 e. The first kappa shape index (κ1) is 18.3. The number of ether oxygens (including phenoxy) is 1. The number of methoxy groups -OCH3 is 1. The molecule has 4 rings (SSSR count). The molecule has 0 fully saturated rings. The average molecular weight is 386 g/mol. The molecule has 2 N–H and O–H groups in total. The molecular formula is C23H18N2O4. The van der Waals surface area contributed by atoms with Crippen LogP contribution in [0.15, 0.2) is 77.2 Å². The number of hydrogen-bond acceptors (Lipinski definition) is 5. The second kappa shape index (κ2) is 7.90. The van der Waals surface area contributed by atoms with Gasteiger partial charge < -0.3 is 19.6 Å². The van der Waals surface area contributed by atoms with E-state index in [-0.39, 0.29) is 17.5 Å². The van der Waals surface area contributed by atoms with Crippen molar-refractivity contribution in [1.29, 1.82) is 0 Å². The van der Waals surface area contributed by atoms with Gasteiger partial charge in [-0.15, -0.1) is 0 Å². The van der Waals surface area contributed by atoms with Crippen LogP contribution < -0.4 is 10.1 Å². The fourth-order valence-corrected chi connectivity index (χ4v) is 2.84. The van der Waals surface area contributed by atoms with E-state index in [0.29, 0.717) is 22.4 Å². The van der Waals surface area contributed by atoms with Crippen LogP contribution in [-0.4, -0.2) is 23.1 Å². The molecule has 0 aliphatic heterocycles. The number of hydrogen-bond donors (Lipinski definition) is 2. The summed E-state index contributed by atoms with van der Waals surface area (Å²) in [5.41, 5.74) is 3.11. The predicted octanol–water partition coefficient (Wildman–Crippen LogP) is 4.86. The number of anilines is 1. The van der Waals surface area contributed by atoms with Crippen molar-refractivity contribution in [3.8, 4) is 23.0 Å². The molecule has 0 bridgehead atoms. The van der Waals surface area contributed by atoms with Gasteiger partial charge in [-0.05, 0) is 54.1 Å². The smallest absolute Gasteiger partial charge is 0.248 e. The minimum atomic E-state index is -0.296. The lowest BCUT2D eigenvalue weighted by molar-refractivity contribution is -0.111. The van der Waals surface area contributed by atoms with Gasteiger partial charge in [0, 0.05) is 11.8 Å². The summed E-state index contributed by atoms with van der Waals surface area (Å²) in [5, 5.41) is 13.0. The minimum Gasteiger partial charge on any atom is -0.507 e. The molecule has 3 aromatic carbocycles. The average Bonchev–Trinajstić information content (AvgIpc) is 3.18. The molecule has 144 valence electrons. The van der Waals surface area contributed by atoms with Crippen LogP contribution in [0.2, 0.25) is 0 Å². The van der Waals surface area contributed by atoms with Gasteiger partial charge in [-0.25, -0.2) is 4.98 Å². The number of nitrogens with one attached hydrogen (secondary N) is 1. The highest BCUT2D eigenvalue weighted by molar-refractivity contribution is 6.02. The summed E-state index contributed by atoms with van der Waals surface area (Å²) in [6, 6.07) is 19.4. The second-order valence-electron chi connectivity index (χ2n) is 6.31. The van der Waals surface area contributed by atoms with Crippen LogP contribution in [0.4, 0.5) is 5.69 Å². The standard InChI is InChI=1S/C23H18N2O4/c1-28-17-10-6-15(7-11-17)8-13-22(27)24-16-9-12-20(26)18(14-16)23-25-19-4-2-3-5-21(19)29-23/h2-14,26H,1H3,(H,24,27)/b13-8+. The Bertz CT molecular complexity index is 1160. The van der Waals surface area contributed by atoms with E-state index in [1.807, 2.05) is 42.5 Å². The number of para-hydroxylation sites is 2. The highest BCUT2D eigenvalue weighted by atomic mass is 16.5. The number of amides is 1. The number of aromatic hydroxyl groups is 1. The zero-order valence-electron chi connectivity index (χ0n) is 15.6. The third kappa shape index (κ3) is 4.11. The monoisotopic (exact) mass is 386 g/mol. The molecule has 0 atom stereocenters.